The fraction of sp³-hybridized carbons (Fsp3) is 0.433. The maximum absolute atomic E-state index is 11.1. The lowest BCUT2D eigenvalue weighted by molar-refractivity contribution is -0.129. The third kappa shape index (κ3) is 7.44. The summed E-state index contributed by atoms with van der Waals surface area (Å²) in [5.74, 6) is 1.07. The van der Waals surface area contributed by atoms with Crippen LogP contribution in [0.5, 0.6) is 5.75 Å². The molecule has 1 heterocycles. The molecule has 1 saturated heterocycles. The van der Waals surface area contributed by atoms with Crippen LogP contribution >= 0.6 is 0 Å². The Labute approximate surface area is 225 Å². The number of amides is 1. The van der Waals surface area contributed by atoms with Crippen molar-refractivity contribution >= 4 is 17.5 Å². The normalized spacial score (nSPS) is 16.4. The van der Waals surface area contributed by atoms with Crippen molar-refractivity contribution in [3.63, 3.8) is 0 Å². The number of aliphatic hydroxyl groups excluding tert-OH is 1. The van der Waals surface area contributed by atoms with Crippen LogP contribution in [0.4, 0.5) is 0 Å². The van der Waals surface area contributed by atoms with Gasteiger partial charge in [0.25, 0.3) is 0 Å². The van der Waals surface area contributed by atoms with E-state index in [1.54, 1.807) is 31.2 Å². The lowest BCUT2D eigenvalue weighted by Crippen LogP contribution is -2.35. The second-order valence-electron chi connectivity index (χ2n) is 9.67. The SMILES string of the molecule is C=C(N=C(OC)c1ccc(OC(C)C)c(C#N)c1)c1cccc2c1CCC2.CNCC(=O)N1CCC(O)C1. The van der Waals surface area contributed by atoms with Crippen molar-refractivity contribution in [2.24, 2.45) is 4.99 Å². The van der Waals surface area contributed by atoms with E-state index in [2.05, 4.69) is 41.2 Å². The van der Waals surface area contributed by atoms with Gasteiger partial charge in [-0.3, -0.25) is 4.79 Å². The van der Waals surface area contributed by atoms with E-state index in [9.17, 15) is 10.1 Å². The van der Waals surface area contributed by atoms with E-state index in [-0.39, 0.29) is 18.1 Å². The number of ether oxygens (including phenoxy) is 2. The maximum Gasteiger partial charge on any atom is 0.236 e. The fourth-order valence-corrected chi connectivity index (χ4v) is 4.64. The molecule has 0 radical (unpaired) electrons. The first-order valence-electron chi connectivity index (χ1n) is 13.0. The molecule has 1 unspecified atom stereocenters. The number of aryl methyl sites for hydroxylation is 1. The molecule has 2 N–H and O–H groups in total. The van der Waals surface area contributed by atoms with E-state index in [1.807, 2.05) is 19.9 Å². The van der Waals surface area contributed by atoms with E-state index in [0.717, 1.165) is 30.4 Å². The van der Waals surface area contributed by atoms with Crippen molar-refractivity contribution in [1.82, 2.24) is 10.2 Å². The van der Waals surface area contributed by atoms with Crippen molar-refractivity contribution in [1.29, 1.82) is 5.26 Å². The van der Waals surface area contributed by atoms with Gasteiger partial charge in [-0.05, 0) is 75.9 Å². The summed E-state index contributed by atoms with van der Waals surface area (Å²) in [5.41, 5.74) is 5.63. The molecular weight excluding hydrogens is 480 g/mol. The minimum atomic E-state index is -0.309. The van der Waals surface area contributed by atoms with Gasteiger partial charge >= 0.3 is 0 Å². The van der Waals surface area contributed by atoms with Gasteiger partial charge in [0.1, 0.15) is 11.8 Å². The van der Waals surface area contributed by atoms with Gasteiger partial charge < -0.3 is 24.8 Å². The number of aliphatic imine (C=N–C) groups is 1. The quantitative estimate of drug-likeness (QED) is 0.428. The molecule has 0 bridgehead atoms. The molecule has 2 aromatic rings. The minimum absolute atomic E-state index is 0.00142. The van der Waals surface area contributed by atoms with Crippen molar-refractivity contribution in [2.75, 3.05) is 33.8 Å². The van der Waals surface area contributed by atoms with Crippen LogP contribution in [0.3, 0.4) is 0 Å². The van der Waals surface area contributed by atoms with Crippen LogP contribution < -0.4 is 10.1 Å². The van der Waals surface area contributed by atoms with Crippen molar-refractivity contribution in [2.45, 2.75) is 51.7 Å². The summed E-state index contributed by atoms with van der Waals surface area (Å²) >= 11 is 0. The molecule has 4 rings (SSSR count). The number of carbonyl (C=O) groups excluding carboxylic acids is 1. The number of hydrogen-bond acceptors (Lipinski definition) is 7. The Morgan fingerprint density at radius 3 is 2.74 bits per heavy atom. The van der Waals surface area contributed by atoms with Crippen molar-refractivity contribution in [3.8, 4) is 11.8 Å². The number of fused-ring (bicyclic) bond motifs is 1. The number of hydrogen-bond donors (Lipinski definition) is 2. The zero-order valence-electron chi connectivity index (χ0n) is 22.8. The summed E-state index contributed by atoms with van der Waals surface area (Å²) in [5, 5.41) is 21.3. The van der Waals surface area contributed by atoms with Gasteiger partial charge in [-0.15, -0.1) is 0 Å². The Morgan fingerprint density at radius 1 is 1.32 bits per heavy atom. The molecule has 1 aliphatic heterocycles. The molecule has 8 nitrogen and oxygen atoms in total. The lowest BCUT2D eigenvalue weighted by Gasteiger charge is -2.14. The van der Waals surface area contributed by atoms with Crippen LogP contribution in [-0.4, -0.2) is 67.8 Å². The number of nitriles is 1. The predicted molar refractivity (Wildman–Crippen MR) is 149 cm³/mol. The molecule has 0 saturated carbocycles. The number of rotatable bonds is 7. The Bertz CT molecular complexity index is 1220. The highest BCUT2D eigenvalue weighted by molar-refractivity contribution is 5.98. The third-order valence-electron chi connectivity index (χ3n) is 6.44. The number of carbonyl (C=O) groups is 1. The van der Waals surface area contributed by atoms with Gasteiger partial charge in [0, 0.05) is 24.2 Å². The van der Waals surface area contributed by atoms with Crippen LogP contribution in [0.15, 0.2) is 48.0 Å². The molecule has 1 aliphatic carbocycles. The molecule has 38 heavy (non-hydrogen) atoms. The number of likely N-dealkylation sites (tertiary alicyclic amines) is 1. The molecule has 1 amide bonds. The number of methoxy groups -OCH3 is 1. The zero-order valence-corrected chi connectivity index (χ0v) is 22.8. The van der Waals surface area contributed by atoms with Gasteiger partial charge in [-0.25, -0.2) is 4.99 Å². The highest BCUT2D eigenvalue weighted by Gasteiger charge is 2.23. The number of aliphatic hydroxyl groups is 1. The lowest BCUT2D eigenvalue weighted by atomic mass is 10.0. The van der Waals surface area contributed by atoms with E-state index in [4.69, 9.17) is 14.6 Å². The summed E-state index contributed by atoms with van der Waals surface area (Å²) in [7, 11) is 3.32. The smallest absolute Gasteiger partial charge is 0.236 e. The largest absolute Gasteiger partial charge is 0.490 e. The molecule has 2 aromatic carbocycles. The highest BCUT2D eigenvalue weighted by Crippen LogP contribution is 2.30. The van der Waals surface area contributed by atoms with Gasteiger partial charge in [0.2, 0.25) is 11.8 Å². The van der Waals surface area contributed by atoms with Crippen LogP contribution in [0.1, 0.15) is 54.5 Å². The molecule has 0 spiro atoms. The number of nitrogens with one attached hydrogen (secondary N) is 1. The molecular formula is C30H38N4O4. The topological polar surface area (TPSA) is 107 Å². The van der Waals surface area contributed by atoms with Crippen LogP contribution in [0.2, 0.25) is 0 Å². The van der Waals surface area contributed by atoms with Gasteiger partial charge in [0.15, 0.2) is 0 Å². The average Bonchev–Trinajstić information content (AvgIpc) is 3.56. The second-order valence-corrected chi connectivity index (χ2v) is 9.67. The maximum atomic E-state index is 11.1. The number of likely N-dealkylation sites (N-methyl/N-ethyl adjacent to an activating group) is 1. The van der Waals surface area contributed by atoms with Gasteiger partial charge in [0.05, 0.1) is 37.1 Å². The average molecular weight is 519 g/mol. The zero-order chi connectivity index (χ0) is 27.7. The molecule has 2 aliphatic rings. The standard InChI is InChI=1S/C23H24N2O2.C7H14N2O2/c1-15(2)27-22-12-11-18(13-19(22)14-24)23(26-4)25-16(3)20-9-5-7-17-8-6-10-21(17)20;1-8-4-7(11)9-3-2-6(10)5-9/h5,7,9,11-13,15H,3,6,8,10H2,1-2,4H3;6,8,10H,2-5H2,1H3. The first-order chi connectivity index (χ1) is 18.3. The number of benzene rings is 2. The summed E-state index contributed by atoms with van der Waals surface area (Å²) in [6, 6.07) is 13.8. The highest BCUT2D eigenvalue weighted by atomic mass is 16.5. The van der Waals surface area contributed by atoms with Crippen molar-refractivity contribution < 1.29 is 19.4 Å². The number of nitrogens with zero attached hydrogens (tertiary/aromatic N) is 3. The van der Waals surface area contributed by atoms with E-state index >= 15 is 0 Å². The summed E-state index contributed by atoms with van der Waals surface area (Å²) in [4.78, 5) is 17.5. The van der Waals surface area contributed by atoms with Crippen LogP contribution in [-0.2, 0) is 22.4 Å². The van der Waals surface area contributed by atoms with Gasteiger partial charge in [-0.2, -0.15) is 5.26 Å². The minimum Gasteiger partial charge on any atom is -0.490 e. The summed E-state index contributed by atoms with van der Waals surface area (Å²) in [6.45, 7) is 9.58. The molecule has 202 valence electrons. The summed E-state index contributed by atoms with van der Waals surface area (Å²) < 4.78 is 11.2. The van der Waals surface area contributed by atoms with E-state index < -0.39 is 0 Å². The molecule has 1 atom stereocenters. The molecule has 8 heteroatoms. The Hall–Kier alpha value is -3.67. The summed E-state index contributed by atoms with van der Waals surface area (Å²) in [6.07, 6.45) is 3.75. The molecule has 0 aromatic heterocycles. The Kier molecular flexibility index (Phi) is 10.5. The van der Waals surface area contributed by atoms with E-state index in [0.29, 0.717) is 42.5 Å². The monoisotopic (exact) mass is 518 g/mol. The van der Waals surface area contributed by atoms with Crippen molar-refractivity contribution in [3.05, 3.63) is 70.8 Å². The second kappa shape index (κ2) is 13.8. The third-order valence-corrected chi connectivity index (χ3v) is 6.44. The van der Waals surface area contributed by atoms with Crippen LogP contribution in [0, 0.1) is 11.3 Å². The first-order valence-corrected chi connectivity index (χ1v) is 13.0. The van der Waals surface area contributed by atoms with Crippen LogP contribution in [0.25, 0.3) is 5.70 Å². The Morgan fingerprint density at radius 2 is 2.11 bits per heavy atom. The number of β-amino-alcohol motifs (C(OH)–C–C–N with tert-alkyl or cyclic N) is 1. The first kappa shape index (κ1) is 28.9. The van der Waals surface area contributed by atoms with Gasteiger partial charge in [-0.1, -0.05) is 24.8 Å². The predicted octanol–water partition coefficient (Wildman–Crippen LogP) is 3.70. The van der Waals surface area contributed by atoms with E-state index in [1.165, 1.54) is 17.5 Å². The molecule has 1 fully saturated rings. The Balaban J connectivity index is 0.000000304. The fourth-order valence-electron chi connectivity index (χ4n) is 4.64.